The Kier molecular flexibility index (Phi) is 70.8. The standard InChI is InChI=1S/C76H149NO5/c1-3-5-7-9-11-13-15-17-19-21-33-38-42-46-50-54-58-62-66-70-76(81)82-71-67-63-59-55-51-47-43-39-35-32-30-28-26-24-23-25-27-29-31-34-37-41-45-49-53-57-61-65-69-75(80)77-73(72-78)74(79)68-64-60-56-52-48-44-40-36-22-20-18-16-14-12-10-8-6-4-2/h64,68,73-74,78-79H,3-63,65-67,69-72H2,1-2H3,(H,77,80)/b68-64+. The Morgan fingerprint density at radius 3 is 0.829 bits per heavy atom. The lowest BCUT2D eigenvalue weighted by Gasteiger charge is -2.20. The van der Waals surface area contributed by atoms with Gasteiger partial charge in [0.1, 0.15) is 0 Å². The Bertz CT molecular complexity index is 1240. The minimum absolute atomic E-state index is 0.0245. The average molecular weight is 1160 g/mol. The lowest BCUT2D eigenvalue weighted by molar-refractivity contribution is -0.143. The molecule has 0 aromatic carbocycles. The van der Waals surface area contributed by atoms with Crippen LogP contribution in [0.4, 0.5) is 0 Å². The summed E-state index contributed by atoms with van der Waals surface area (Å²) in [5.41, 5.74) is 0. The van der Waals surface area contributed by atoms with Crippen molar-refractivity contribution in [1.29, 1.82) is 0 Å². The highest BCUT2D eigenvalue weighted by Crippen LogP contribution is 2.20. The first-order valence-electron chi connectivity index (χ1n) is 38.0. The summed E-state index contributed by atoms with van der Waals surface area (Å²) in [5, 5.41) is 23.2. The molecule has 3 N–H and O–H groups in total. The zero-order valence-corrected chi connectivity index (χ0v) is 56.0. The van der Waals surface area contributed by atoms with Crippen LogP contribution in [0.1, 0.15) is 438 Å². The molecule has 0 bridgehead atoms. The van der Waals surface area contributed by atoms with Gasteiger partial charge in [-0.05, 0) is 32.1 Å². The molecule has 82 heavy (non-hydrogen) atoms. The summed E-state index contributed by atoms with van der Waals surface area (Å²) in [6.07, 6.45) is 90.3. The van der Waals surface area contributed by atoms with Crippen molar-refractivity contribution >= 4 is 11.9 Å². The minimum Gasteiger partial charge on any atom is -0.466 e. The third-order valence-corrected chi connectivity index (χ3v) is 18.1. The SMILES string of the molecule is CCCCCCCCCCCCCCCCCC/C=C/C(O)C(CO)NC(=O)CCCCCCCCCCCCCCCCCCCCCCCCCCCCCCOC(=O)CCCCCCCCCCCCCCCCCCCCC. The summed E-state index contributed by atoms with van der Waals surface area (Å²) in [5.74, 6) is -0.0360. The fraction of sp³-hybridized carbons (Fsp3) is 0.947. The van der Waals surface area contributed by atoms with Gasteiger partial charge in [-0.15, -0.1) is 0 Å². The van der Waals surface area contributed by atoms with Gasteiger partial charge < -0.3 is 20.3 Å². The highest BCUT2D eigenvalue weighted by Gasteiger charge is 2.18. The fourth-order valence-corrected chi connectivity index (χ4v) is 12.3. The zero-order chi connectivity index (χ0) is 59.2. The molecule has 0 saturated carbocycles. The summed E-state index contributed by atoms with van der Waals surface area (Å²) in [4.78, 5) is 24.6. The van der Waals surface area contributed by atoms with Crippen LogP contribution in [0.3, 0.4) is 0 Å². The topological polar surface area (TPSA) is 95.9 Å². The first-order valence-corrected chi connectivity index (χ1v) is 38.0. The normalized spacial score (nSPS) is 12.5. The second kappa shape index (κ2) is 72.1. The van der Waals surface area contributed by atoms with Crippen LogP contribution < -0.4 is 5.32 Å². The summed E-state index contributed by atoms with van der Waals surface area (Å²) in [6, 6.07) is -0.625. The number of nitrogens with one attached hydrogen (secondary N) is 1. The molecular formula is C76H149NO5. The minimum atomic E-state index is -0.842. The number of carbonyl (C=O) groups excluding carboxylic acids is 2. The molecule has 6 nitrogen and oxygen atoms in total. The van der Waals surface area contributed by atoms with Crippen molar-refractivity contribution in [2.45, 2.75) is 450 Å². The summed E-state index contributed by atoms with van der Waals surface area (Å²) in [6.45, 7) is 4.96. The predicted molar refractivity (Wildman–Crippen MR) is 361 cm³/mol. The van der Waals surface area contributed by atoms with Gasteiger partial charge in [-0.3, -0.25) is 9.59 Å². The van der Waals surface area contributed by atoms with Gasteiger partial charge in [-0.2, -0.15) is 0 Å². The number of amides is 1. The van der Waals surface area contributed by atoms with Gasteiger partial charge in [0.15, 0.2) is 0 Å². The molecule has 6 heteroatoms. The van der Waals surface area contributed by atoms with Crippen LogP contribution in [0.25, 0.3) is 0 Å². The van der Waals surface area contributed by atoms with Crippen LogP contribution in [0, 0.1) is 0 Å². The molecular weight excluding hydrogens is 1010 g/mol. The van der Waals surface area contributed by atoms with Crippen molar-refractivity contribution in [1.82, 2.24) is 5.32 Å². The average Bonchev–Trinajstić information content (AvgIpc) is 3.48. The number of hydrogen-bond donors (Lipinski definition) is 3. The van der Waals surface area contributed by atoms with Crippen LogP contribution >= 0.6 is 0 Å². The van der Waals surface area contributed by atoms with Crippen LogP contribution in [0.5, 0.6) is 0 Å². The van der Waals surface area contributed by atoms with E-state index in [4.69, 9.17) is 4.74 Å². The lowest BCUT2D eigenvalue weighted by atomic mass is 10.0. The van der Waals surface area contributed by atoms with Gasteiger partial charge in [0, 0.05) is 12.8 Å². The van der Waals surface area contributed by atoms with E-state index >= 15 is 0 Å². The first-order chi connectivity index (χ1) is 40.5. The quantitative estimate of drug-likeness (QED) is 0.0320. The number of carbonyl (C=O) groups is 2. The number of allylic oxidation sites excluding steroid dienone is 1. The molecule has 0 radical (unpaired) electrons. The molecule has 0 heterocycles. The van der Waals surface area contributed by atoms with E-state index in [0.717, 1.165) is 38.5 Å². The Hall–Kier alpha value is -1.40. The summed E-state index contributed by atoms with van der Waals surface area (Å²) >= 11 is 0. The van der Waals surface area contributed by atoms with E-state index in [-0.39, 0.29) is 18.5 Å². The van der Waals surface area contributed by atoms with Crippen molar-refractivity contribution in [3.63, 3.8) is 0 Å². The van der Waals surface area contributed by atoms with Gasteiger partial charge in [0.2, 0.25) is 5.91 Å². The van der Waals surface area contributed by atoms with E-state index in [0.29, 0.717) is 19.4 Å². The second-order valence-corrected chi connectivity index (χ2v) is 26.4. The van der Waals surface area contributed by atoms with Gasteiger partial charge in [0.25, 0.3) is 0 Å². The third-order valence-electron chi connectivity index (χ3n) is 18.1. The Balaban J connectivity index is 3.34. The molecule has 0 fully saturated rings. The largest absolute Gasteiger partial charge is 0.466 e. The van der Waals surface area contributed by atoms with Crippen molar-refractivity contribution in [2.75, 3.05) is 13.2 Å². The van der Waals surface area contributed by atoms with E-state index in [2.05, 4.69) is 19.2 Å². The number of esters is 1. The number of ether oxygens (including phenoxy) is 1. The fourth-order valence-electron chi connectivity index (χ4n) is 12.3. The van der Waals surface area contributed by atoms with Crippen LogP contribution in [0.2, 0.25) is 0 Å². The van der Waals surface area contributed by atoms with Crippen molar-refractivity contribution < 1.29 is 24.5 Å². The highest BCUT2D eigenvalue weighted by molar-refractivity contribution is 5.76. The number of aliphatic hydroxyl groups excluding tert-OH is 2. The first kappa shape index (κ1) is 80.6. The number of unbranched alkanes of at least 4 members (excludes halogenated alkanes) is 61. The Morgan fingerprint density at radius 2 is 0.561 bits per heavy atom. The van der Waals surface area contributed by atoms with Gasteiger partial charge in [-0.1, -0.05) is 405 Å². The van der Waals surface area contributed by atoms with E-state index in [1.807, 2.05) is 6.08 Å². The van der Waals surface area contributed by atoms with Crippen molar-refractivity contribution in [3.05, 3.63) is 12.2 Å². The zero-order valence-electron chi connectivity index (χ0n) is 56.0. The lowest BCUT2D eigenvalue weighted by Crippen LogP contribution is -2.45. The molecule has 0 saturated heterocycles. The highest BCUT2D eigenvalue weighted by atomic mass is 16.5. The van der Waals surface area contributed by atoms with Crippen LogP contribution in [-0.4, -0.2) is 47.4 Å². The second-order valence-electron chi connectivity index (χ2n) is 26.4. The predicted octanol–water partition coefficient (Wildman–Crippen LogP) is 24.7. The maximum absolute atomic E-state index is 12.5. The molecule has 0 aliphatic rings. The van der Waals surface area contributed by atoms with E-state index in [1.54, 1.807) is 6.08 Å². The molecule has 1 amide bonds. The Morgan fingerprint density at radius 1 is 0.329 bits per heavy atom. The number of aliphatic hydroxyl groups is 2. The number of rotatable bonds is 72. The van der Waals surface area contributed by atoms with Crippen LogP contribution in [0.15, 0.2) is 12.2 Å². The van der Waals surface area contributed by atoms with E-state index < -0.39 is 12.1 Å². The maximum atomic E-state index is 12.5. The van der Waals surface area contributed by atoms with Gasteiger partial charge in [0.05, 0.1) is 25.4 Å². The molecule has 2 unspecified atom stereocenters. The molecule has 0 rings (SSSR count). The van der Waals surface area contributed by atoms with Crippen molar-refractivity contribution in [3.8, 4) is 0 Å². The molecule has 0 aromatic rings. The smallest absolute Gasteiger partial charge is 0.305 e. The van der Waals surface area contributed by atoms with E-state index in [1.165, 1.54) is 372 Å². The van der Waals surface area contributed by atoms with Crippen molar-refractivity contribution in [2.24, 2.45) is 0 Å². The molecule has 0 aliphatic carbocycles. The maximum Gasteiger partial charge on any atom is 0.305 e. The van der Waals surface area contributed by atoms with E-state index in [9.17, 15) is 19.8 Å². The van der Waals surface area contributed by atoms with Gasteiger partial charge >= 0.3 is 5.97 Å². The molecule has 488 valence electrons. The molecule has 0 spiro atoms. The monoisotopic (exact) mass is 1160 g/mol. The van der Waals surface area contributed by atoms with Crippen LogP contribution in [-0.2, 0) is 14.3 Å². The summed E-state index contributed by atoms with van der Waals surface area (Å²) in [7, 11) is 0. The molecule has 2 atom stereocenters. The number of hydrogen-bond acceptors (Lipinski definition) is 5. The third kappa shape index (κ3) is 67.7. The Labute approximate surface area is 514 Å². The molecule has 0 aromatic heterocycles. The van der Waals surface area contributed by atoms with Gasteiger partial charge in [-0.25, -0.2) is 0 Å². The summed E-state index contributed by atoms with van der Waals surface area (Å²) < 4.78 is 5.52. The molecule has 0 aliphatic heterocycles.